The molecule has 2 aliphatic rings. The Morgan fingerprint density at radius 1 is 1.29 bits per heavy atom. The van der Waals surface area contributed by atoms with Crippen LogP contribution in [0.25, 0.3) is 0 Å². The van der Waals surface area contributed by atoms with E-state index >= 15 is 0 Å². The molecule has 0 aromatic heterocycles. The predicted octanol–water partition coefficient (Wildman–Crippen LogP) is 3.26. The first-order valence-electron chi connectivity index (χ1n) is 9.31. The normalized spacial score (nSPS) is 21.2. The van der Waals surface area contributed by atoms with Crippen molar-refractivity contribution in [1.82, 2.24) is 0 Å². The van der Waals surface area contributed by atoms with E-state index in [0.717, 1.165) is 6.42 Å². The fraction of sp³-hybridized carbons (Fsp3) is 0.333. The number of benzene rings is 2. The molecule has 0 spiro atoms. The zero-order valence-electron chi connectivity index (χ0n) is 15.5. The van der Waals surface area contributed by atoms with Gasteiger partial charge in [-0.25, -0.2) is 4.39 Å². The van der Waals surface area contributed by atoms with Crippen LogP contribution in [0, 0.1) is 5.82 Å². The summed E-state index contributed by atoms with van der Waals surface area (Å²) in [7, 11) is 0. The molecule has 0 bridgehead atoms. The lowest BCUT2D eigenvalue weighted by atomic mass is 10.1. The van der Waals surface area contributed by atoms with E-state index in [1.807, 2.05) is 0 Å². The smallest absolute Gasteiger partial charge is 0.268 e. The molecule has 2 aromatic carbocycles. The van der Waals surface area contributed by atoms with Crippen molar-refractivity contribution < 1.29 is 23.5 Å². The third-order valence-corrected chi connectivity index (χ3v) is 4.94. The molecule has 7 heteroatoms. The molecule has 2 amide bonds. The van der Waals surface area contributed by atoms with Crippen molar-refractivity contribution in [2.45, 2.75) is 38.5 Å². The van der Waals surface area contributed by atoms with Crippen LogP contribution in [-0.4, -0.2) is 30.6 Å². The lowest BCUT2D eigenvalue weighted by Gasteiger charge is -2.33. The molecule has 2 unspecified atom stereocenters. The minimum atomic E-state index is -0.674. The van der Waals surface area contributed by atoms with Gasteiger partial charge in [0.25, 0.3) is 11.8 Å². The van der Waals surface area contributed by atoms with E-state index in [1.54, 1.807) is 43.3 Å². The molecule has 0 radical (unpaired) electrons. The summed E-state index contributed by atoms with van der Waals surface area (Å²) in [5.41, 5.74) is 1.44. The Hall–Kier alpha value is -2.93. The third-order valence-electron chi connectivity index (χ3n) is 4.94. The summed E-state index contributed by atoms with van der Waals surface area (Å²) in [6.45, 7) is 2.32. The highest BCUT2D eigenvalue weighted by atomic mass is 19.1. The van der Waals surface area contributed by atoms with Gasteiger partial charge < -0.3 is 19.7 Å². The predicted molar refractivity (Wildman–Crippen MR) is 102 cm³/mol. The van der Waals surface area contributed by atoms with Crippen molar-refractivity contribution in [3.8, 4) is 5.75 Å². The van der Waals surface area contributed by atoms with Gasteiger partial charge in [-0.3, -0.25) is 9.59 Å². The van der Waals surface area contributed by atoms with Crippen LogP contribution < -0.4 is 15.0 Å². The summed E-state index contributed by atoms with van der Waals surface area (Å²) < 4.78 is 25.2. The number of nitrogens with zero attached hydrogens (tertiary/aromatic N) is 1. The van der Waals surface area contributed by atoms with Crippen LogP contribution in [0.2, 0.25) is 0 Å². The van der Waals surface area contributed by atoms with Crippen LogP contribution in [-0.2, 0) is 20.9 Å². The van der Waals surface area contributed by atoms with Crippen molar-refractivity contribution >= 4 is 23.2 Å². The van der Waals surface area contributed by atoms with Gasteiger partial charge in [0.05, 0.1) is 12.2 Å². The molecular formula is C21H21FN2O4. The summed E-state index contributed by atoms with van der Waals surface area (Å²) in [5, 5.41) is 2.82. The van der Waals surface area contributed by atoms with Crippen LogP contribution in [0.4, 0.5) is 15.8 Å². The van der Waals surface area contributed by atoms with Crippen LogP contribution >= 0.6 is 0 Å². The Morgan fingerprint density at radius 2 is 2.11 bits per heavy atom. The monoisotopic (exact) mass is 384 g/mol. The van der Waals surface area contributed by atoms with Crippen LogP contribution in [0.5, 0.6) is 5.75 Å². The van der Waals surface area contributed by atoms with Crippen LogP contribution in [0.1, 0.15) is 25.3 Å². The van der Waals surface area contributed by atoms with Gasteiger partial charge in [-0.05, 0) is 44.0 Å². The molecule has 0 saturated carbocycles. The Bertz CT molecular complexity index is 911. The number of carbonyl (C=O) groups is 2. The minimum Gasteiger partial charge on any atom is -0.479 e. The third kappa shape index (κ3) is 3.57. The Kier molecular flexibility index (Phi) is 5.00. The number of rotatable bonds is 4. The van der Waals surface area contributed by atoms with E-state index in [1.165, 1.54) is 11.0 Å². The lowest BCUT2D eigenvalue weighted by Crippen LogP contribution is -2.44. The average molecular weight is 384 g/mol. The Labute approximate surface area is 162 Å². The van der Waals surface area contributed by atoms with Crippen molar-refractivity contribution in [2.75, 3.05) is 16.8 Å². The van der Waals surface area contributed by atoms with Crippen molar-refractivity contribution in [1.29, 1.82) is 0 Å². The molecule has 1 fully saturated rings. The van der Waals surface area contributed by atoms with E-state index in [0.29, 0.717) is 35.7 Å². The highest BCUT2D eigenvalue weighted by molar-refractivity contribution is 6.01. The number of anilines is 2. The second kappa shape index (κ2) is 7.59. The zero-order chi connectivity index (χ0) is 19.7. The van der Waals surface area contributed by atoms with Gasteiger partial charge in [-0.1, -0.05) is 18.2 Å². The number of nitrogens with one attached hydrogen (secondary N) is 1. The average Bonchev–Trinajstić information content (AvgIpc) is 3.22. The maximum Gasteiger partial charge on any atom is 0.268 e. The van der Waals surface area contributed by atoms with Crippen LogP contribution in [0.15, 0.2) is 42.5 Å². The lowest BCUT2D eigenvalue weighted by molar-refractivity contribution is -0.125. The highest BCUT2D eigenvalue weighted by Gasteiger charge is 2.32. The number of ether oxygens (including phenoxy) is 2. The Balaban J connectivity index is 1.62. The van der Waals surface area contributed by atoms with E-state index in [4.69, 9.17) is 9.47 Å². The van der Waals surface area contributed by atoms with Gasteiger partial charge >= 0.3 is 0 Å². The number of amides is 2. The Morgan fingerprint density at radius 3 is 2.86 bits per heavy atom. The molecule has 2 aromatic rings. The van der Waals surface area contributed by atoms with Gasteiger partial charge in [0.1, 0.15) is 17.7 Å². The molecule has 2 atom stereocenters. The largest absolute Gasteiger partial charge is 0.479 e. The van der Waals surface area contributed by atoms with Gasteiger partial charge in [0.2, 0.25) is 0 Å². The van der Waals surface area contributed by atoms with Gasteiger partial charge in [-0.15, -0.1) is 0 Å². The van der Waals surface area contributed by atoms with Crippen molar-refractivity contribution in [3.63, 3.8) is 0 Å². The molecule has 6 nitrogen and oxygen atoms in total. The molecule has 4 rings (SSSR count). The zero-order valence-corrected chi connectivity index (χ0v) is 15.5. The quantitative estimate of drug-likeness (QED) is 0.879. The minimum absolute atomic E-state index is 0.0787. The van der Waals surface area contributed by atoms with Crippen molar-refractivity contribution in [3.05, 3.63) is 53.8 Å². The first-order valence-corrected chi connectivity index (χ1v) is 9.31. The summed E-state index contributed by atoms with van der Waals surface area (Å²) >= 11 is 0. The number of hydrogen-bond acceptors (Lipinski definition) is 4. The second-order valence-electron chi connectivity index (χ2n) is 6.95. The number of fused-ring (bicyclic) bond motifs is 1. The molecule has 0 aliphatic carbocycles. The number of hydrogen-bond donors (Lipinski definition) is 1. The van der Waals surface area contributed by atoms with Gasteiger partial charge in [0.15, 0.2) is 6.10 Å². The van der Waals surface area contributed by atoms with Crippen molar-refractivity contribution in [2.24, 2.45) is 0 Å². The van der Waals surface area contributed by atoms with Gasteiger partial charge in [-0.2, -0.15) is 0 Å². The molecular weight excluding hydrogens is 363 g/mol. The molecule has 146 valence electrons. The summed E-state index contributed by atoms with van der Waals surface area (Å²) in [4.78, 5) is 26.5. The fourth-order valence-electron chi connectivity index (χ4n) is 3.45. The number of carbonyl (C=O) groups excluding carboxylic acids is 2. The SMILES string of the molecule is CC1Oc2ccc(NC(=O)C3CCCO3)cc2N(Cc2ccccc2F)C1=O. The molecule has 28 heavy (non-hydrogen) atoms. The molecule has 2 heterocycles. The molecule has 2 aliphatic heterocycles. The van der Waals surface area contributed by atoms with E-state index < -0.39 is 12.2 Å². The molecule has 1 N–H and O–H groups in total. The summed E-state index contributed by atoms with van der Waals surface area (Å²) in [5.74, 6) is -0.342. The van der Waals surface area contributed by atoms with Gasteiger partial charge in [0, 0.05) is 17.9 Å². The summed E-state index contributed by atoms with van der Waals surface area (Å²) in [6.07, 6.45) is 0.420. The first kappa shape index (κ1) is 18.4. The van der Waals surface area contributed by atoms with E-state index in [9.17, 15) is 14.0 Å². The number of halogens is 1. The second-order valence-corrected chi connectivity index (χ2v) is 6.95. The van der Waals surface area contributed by atoms with E-state index in [2.05, 4.69) is 5.32 Å². The maximum atomic E-state index is 14.1. The topological polar surface area (TPSA) is 67.9 Å². The summed E-state index contributed by atoms with van der Waals surface area (Å²) in [6, 6.07) is 11.4. The standard InChI is InChI=1S/C21H21FN2O4/c1-13-21(26)24(12-14-5-2-3-6-16(14)22)17-11-15(8-9-18(17)28-13)23-20(25)19-7-4-10-27-19/h2-3,5-6,8-9,11,13,19H,4,7,10,12H2,1H3,(H,23,25). The molecule has 1 saturated heterocycles. The van der Waals surface area contributed by atoms with Crippen LogP contribution in [0.3, 0.4) is 0 Å². The fourth-order valence-corrected chi connectivity index (χ4v) is 3.45. The highest BCUT2D eigenvalue weighted by Crippen LogP contribution is 2.37. The first-order chi connectivity index (χ1) is 13.5. The van der Waals surface area contributed by atoms with E-state index in [-0.39, 0.29) is 24.2 Å². The maximum absolute atomic E-state index is 14.1.